The van der Waals surface area contributed by atoms with Gasteiger partial charge in [-0.2, -0.15) is 0 Å². The first kappa shape index (κ1) is 28.4. The lowest BCUT2D eigenvalue weighted by molar-refractivity contribution is -0.384. The third-order valence-corrected chi connectivity index (χ3v) is 9.82. The van der Waals surface area contributed by atoms with E-state index in [-0.39, 0.29) is 48.1 Å². The van der Waals surface area contributed by atoms with E-state index in [1.165, 1.54) is 25.3 Å². The molecule has 1 atom stereocenters. The number of aryl methyl sites for hydroxylation is 1. The number of aliphatic hydroxyl groups excluding tert-OH is 1. The van der Waals surface area contributed by atoms with Crippen molar-refractivity contribution in [1.82, 2.24) is 4.98 Å². The fourth-order valence-electron chi connectivity index (χ4n) is 4.44. The van der Waals surface area contributed by atoms with E-state index in [2.05, 4.69) is 4.98 Å². The van der Waals surface area contributed by atoms with E-state index in [1.54, 1.807) is 24.3 Å². The van der Waals surface area contributed by atoms with Crippen molar-refractivity contribution in [3.8, 4) is 11.5 Å². The van der Waals surface area contributed by atoms with Gasteiger partial charge in [-0.25, -0.2) is 13.4 Å². The number of non-ortho nitro benzene ring substituents is 1. The Morgan fingerprint density at radius 3 is 2.33 bits per heavy atom. The van der Waals surface area contributed by atoms with Gasteiger partial charge >= 0.3 is 5.91 Å². The number of methoxy groups -OCH3 is 1. The average molecular weight is 608 g/mol. The molecular weight excluding hydrogens is 586 g/mol. The summed E-state index contributed by atoms with van der Waals surface area (Å²) in [5, 5.41) is 32.5. The molecule has 2 N–H and O–H groups in total. The van der Waals surface area contributed by atoms with Crippen LogP contribution >= 0.6 is 11.3 Å². The van der Waals surface area contributed by atoms with Gasteiger partial charge in [0.2, 0.25) is 9.84 Å². The summed E-state index contributed by atoms with van der Waals surface area (Å²) in [4.78, 5) is 42.0. The van der Waals surface area contributed by atoms with Crippen LogP contribution < -0.4 is 9.64 Å². The number of amides is 1. The van der Waals surface area contributed by atoms with E-state index < -0.39 is 38.3 Å². The number of aliphatic hydroxyl groups is 1. The van der Waals surface area contributed by atoms with Gasteiger partial charge in [0.1, 0.15) is 9.97 Å². The van der Waals surface area contributed by atoms with E-state index in [0.717, 1.165) is 40.9 Å². The number of hydrogen-bond donors (Lipinski definition) is 2. The summed E-state index contributed by atoms with van der Waals surface area (Å²) >= 11 is 0.599. The number of sulfone groups is 1. The standard InChI is InChI=1S/C28H21N3O9S2/c1-15-3-5-16(6-4-15)25(33)23-24(17-7-12-21(40-2)20(32)13-17)30(27(35)26(23)34)28-29-14-22(41-28)42(38,39)19-10-8-18(9-11-19)31(36)37/h3-14,24,32-33H,1-2H3/t24-/m1/s1. The minimum absolute atomic E-state index is 0.125. The minimum Gasteiger partial charge on any atom is -0.507 e. The monoisotopic (exact) mass is 607 g/mol. The molecule has 1 aliphatic rings. The first-order valence-corrected chi connectivity index (χ1v) is 14.4. The number of aromatic nitrogens is 1. The summed E-state index contributed by atoms with van der Waals surface area (Å²) < 4.78 is 31.4. The fraction of sp³-hybridized carbons (Fsp3) is 0.107. The van der Waals surface area contributed by atoms with Crippen molar-refractivity contribution >= 4 is 49.4 Å². The zero-order chi connectivity index (χ0) is 30.3. The van der Waals surface area contributed by atoms with Crippen molar-refractivity contribution in [3.05, 3.63) is 105 Å². The van der Waals surface area contributed by atoms with Crippen molar-refractivity contribution < 1.29 is 37.9 Å². The molecule has 0 radical (unpaired) electrons. The van der Waals surface area contributed by atoms with Crippen LogP contribution in [-0.4, -0.2) is 47.3 Å². The fourth-order valence-corrected chi connectivity index (χ4v) is 6.99. The molecule has 0 saturated carbocycles. The van der Waals surface area contributed by atoms with E-state index in [1.807, 2.05) is 6.92 Å². The van der Waals surface area contributed by atoms with Gasteiger partial charge in [0, 0.05) is 17.7 Å². The molecule has 0 spiro atoms. The first-order valence-electron chi connectivity index (χ1n) is 12.1. The van der Waals surface area contributed by atoms with Gasteiger partial charge < -0.3 is 14.9 Å². The Bertz CT molecular complexity index is 1880. The van der Waals surface area contributed by atoms with E-state index in [9.17, 15) is 38.3 Å². The lowest BCUT2D eigenvalue weighted by Gasteiger charge is -2.23. The largest absolute Gasteiger partial charge is 0.507 e. The lowest BCUT2D eigenvalue weighted by atomic mass is 9.95. The van der Waals surface area contributed by atoms with Crippen LogP contribution in [0.25, 0.3) is 5.76 Å². The van der Waals surface area contributed by atoms with Crippen LogP contribution in [0.4, 0.5) is 10.8 Å². The van der Waals surface area contributed by atoms with Crippen LogP contribution in [0.2, 0.25) is 0 Å². The van der Waals surface area contributed by atoms with Gasteiger partial charge in [0.15, 0.2) is 16.6 Å². The van der Waals surface area contributed by atoms with Crippen LogP contribution in [0, 0.1) is 17.0 Å². The number of Topliss-reactive ketones (excluding diaryl/α,β-unsaturated/α-hetero) is 1. The number of anilines is 1. The van der Waals surface area contributed by atoms with Gasteiger partial charge in [-0.1, -0.05) is 47.2 Å². The maximum atomic E-state index is 13.4. The highest BCUT2D eigenvalue weighted by Crippen LogP contribution is 2.45. The quantitative estimate of drug-likeness (QED) is 0.0997. The maximum absolute atomic E-state index is 13.4. The van der Waals surface area contributed by atoms with Crippen molar-refractivity contribution in [2.24, 2.45) is 0 Å². The number of aromatic hydroxyl groups is 1. The maximum Gasteiger partial charge on any atom is 0.301 e. The summed E-state index contributed by atoms with van der Waals surface area (Å²) in [5.41, 5.74) is 0.799. The number of hydrogen-bond acceptors (Lipinski definition) is 11. The zero-order valence-corrected chi connectivity index (χ0v) is 23.5. The topological polar surface area (TPSA) is 177 Å². The van der Waals surface area contributed by atoms with Gasteiger partial charge in [0.25, 0.3) is 11.5 Å². The number of carbonyl (C=O) groups is 2. The van der Waals surface area contributed by atoms with Crippen LogP contribution in [0.5, 0.6) is 11.5 Å². The van der Waals surface area contributed by atoms with Crippen LogP contribution in [0.15, 0.2) is 87.6 Å². The third kappa shape index (κ3) is 4.86. The van der Waals surface area contributed by atoms with Gasteiger partial charge in [0.05, 0.1) is 34.7 Å². The number of carbonyl (C=O) groups excluding carboxylic acids is 2. The predicted octanol–water partition coefficient (Wildman–Crippen LogP) is 4.53. The number of phenols is 1. The molecule has 1 fully saturated rings. The Morgan fingerprint density at radius 1 is 1.07 bits per heavy atom. The van der Waals surface area contributed by atoms with Crippen LogP contribution in [0.3, 0.4) is 0 Å². The smallest absolute Gasteiger partial charge is 0.301 e. The predicted molar refractivity (Wildman–Crippen MR) is 151 cm³/mol. The number of rotatable bonds is 7. The molecule has 5 rings (SSSR count). The molecule has 0 bridgehead atoms. The van der Waals surface area contributed by atoms with E-state index in [0.29, 0.717) is 11.3 Å². The molecule has 14 heteroatoms. The second-order valence-electron chi connectivity index (χ2n) is 9.18. The Balaban J connectivity index is 1.64. The SMILES string of the molecule is COc1ccc([C@@H]2C(=C(O)c3ccc(C)cc3)C(=O)C(=O)N2c2ncc(S(=O)(=O)c3ccc([N+](=O)[O-])cc3)s2)cc1O. The molecule has 2 heterocycles. The van der Waals surface area contributed by atoms with E-state index >= 15 is 0 Å². The van der Waals surface area contributed by atoms with Gasteiger partial charge in [-0.05, 0) is 36.8 Å². The number of nitro groups is 1. The van der Waals surface area contributed by atoms with Gasteiger partial charge in [-0.15, -0.1) is 0 Å². The number of phenolic OH excluding ortho intramolecular Hbond substituents is 1. The summed E-state index contributed by atoms with van der Waals surface area (Å²) in [6, 6.07) is 13.8. The number of ketones is 1. The highest BCUT2D eigenvalue weighted by molar-refractivity contribution is 7.93. The Labute approximate surface area is 242 Å². The van der Waals surface area contributed by atoms with Gasteiger partial charge in [-0.3, -0.25) is 24.6 Å². The zero-order valence-electron chi connectivity index (χ0n) is 21.9. The second-order valence-corrected chi connectivity index (χ2v) is 12.4. The summed E-state index contributed by atoms with van der Waals surface area (Å²) in [6.07, 6.45) is 1.01. The second kappa shape index (κ2) is 10.7. The molecule has 3 aromatic carbocycles. The molecular formula is C28H21N3O9S2. The van der Waals surface area contributed by atoms with Crippen molar-refractivity contribution in [1.29, 1.82) is 0 Å². The molecule has 42 heavy (non-hydrogen) atoms. The highest BCUT2D eigenvalue weighted by Gasteiger charge is 2.48. The summed E-state index contributed by atoms with van der Waals surface area (Å²) in [7, 11) is -2.86. The van der Waals surface area contributed by atoms with Crippen LogP contribution in [-0.2, 0) is 19.4 Å². The average Bonchev–Trinajstić information content (AvgIpc) is 3.56. The molecule has 0 aliphatic carbocycles. The number of thiazole rings is 1. The highest BCUT2D eigenvalue weighted by atomic mass is 32.2. The molecule has 12 nitrogen and oxygen atoms in total. The molecule has 1 aliphatic heterocycles. The Kier molecular flexibility index (Phi) is 7.26. The Morgan fingerprint density at radius 2 is 1.74 bits per heavy atom. The summed E-state index contributed by atoms with van der Waals surface area (Å²) in [5.74, 6) is -2.75. The van der Waals surface area contributed by atoms with Crippen LogP contribution in [0.1, 0.15) is 22.7 Å². The first-order chi connectivity index (χ1) is 19.9. The molecule has 214 valence electrons. The molecule has 1 aromatic heterocycles. The van der Waals surface area contributed by atoms with E-state index in [4.69, 9.17) is 4.74 Å². The van der Waals surface area contributed by atoms with Crippen molar-refractivity contribution in [2.45, 2.75) is 22.1 Å². The number of nitrogens with zero attached hydrogens (tertiary/aromatic N) is 3. The molecule has 4 aromatic rings. The van der Waals surface area contributed by atoms with Crippen molar-refractivity contribution in [2.75, 3.05) is 12.0 Å². The minimum atomic E-state index is -4.20. The molecule has 0 unspecified atom stereocenters. The molecule has 1 saturated heterocycles. The number of benzene rings is 3. The summed E-state index contributed by atoms with van der Waals surface area (Å²) in [6.45, 7) is 1.84. The third-order valence-electron chi connectivity index (χ3n) is 6.59. The number of nitro benzene ring substituents is 1. The normalized spacial score (nSPS) is 16.5. The van der Waals surface area contributed by atoms with Crippen molar-refractivity contribution in [3.63, 3.8) is 0 Å². The molecule has 1 amide bonds. The lowest BCUT2D eigenvalue weighted by Crippen LogP contribution is -2.29. The number of ether oxygens (including phenoxy) is 1. The Hall–Kier alpha value is -5.08.